The van der Waals surface area contributed by atoms with Gasteiger partial charge in [-0.25, -0.2) is 0 Å². The van der Waals surface area contributed by atoms with E-state index in [0.29, 0.717) is 17.0 Å². The first-order valence-corrected chi connectivity index (χ1v) is 5.68. The molecule has 0 aliphatic carbocycles. The Labute approximate surface area is 112 Å². The Morgan fingerprint density at radius 3 is 2.74 bits per heavy atom. The number of terminal acetylenes is 1. The fourth-order valence-corrected chi connectivity index (χ4v) is 1.69. The van der Waals surface area contributed by atoms with Gasteiger partial charge in [-0.15, -0.1) is 6.42 Å². The summed E-state index contributed by atoms with van der Waals surface area (Å²) in [6.45, 7) is 0. The van der Waals surface area contributed by atoms with Crippen molar-refractivity contribution in [1.29, 1.82) is 5.26 Å². The lowest BCUT2D eigenvalue weighted by molar-refractivity contribution is 0.415. The van der Waals surface area contributed by atoms with Crippen molar-refractivity contribution in [3.63, 3.8) is 0 Å². The van der Waals surface area contributed by atoms with E-state index in [2.05, 4.69) is 17.3 Å². The van der Waals surface area contributed by atoms with Crippen LogP contribution in [0, 0.1) is 23.7 Å². The van der Waals surface area contributed by atoms with Gasteiger partial charge in [-0.05, 0) is 30.3 Å². The Morgan fingerprint density at radius 1 is 1.21 bits per heavy atom. The summed E-state index contributed by atoms with van der Waals surface area (Å²) in [4.78, 5) is 0. The van der Waals surface area contributed by atoms with Crippen LogP contribution in [-0.2, 0) is 0 Å². The molecule has 0 amide bonds. The van der Waals surface area contributed by atoms with Gasteiger partial charge in [-0.1, -0.05) is 12.0 Å². The van der Waals surface area contributed by atoms with E-state index in [1.165, 1.54) is 0 Å². The van der Waals surface area contributed by atoms with Crippen molar-refractivity contribution in [1.82, 2.24) is 0 Å². The van der Waals surface area contributed by atoms with Gasteiger partial charge in [-0.3, -0.25) is 0 Å². The third-order valence-corrected chi connectivity index (χ3v) is 2.66. The van der Waals surface area contributed by atoms with E-state index < -0.39 is 0 Å². The predicted molar refractivity (Wildman–Crippen MR) is 75.4 cm³/mol. The standard InChI is InChI=1S/C16H12N2O/c1-3-12-5-4-6-14(9-12)18-16-10-15(19-2)8-7-13(16)11-17/h1,4-10,18H,2H3. The highest BCUT2D eigenvalue weighted by Gasteiger charge is 2.04. The number of methoxy groups -OCH3 is 1. The third kappa shape index (κ3) is 2.86. The zero-order valence-electron chi connectivity index (χ0n) is 10.5. The number of ether oxygens (including phenoxy) is 1. The Kier molecular flexibility index (Phi) is 3.71. The summed E-state index contributed by atoms with van der Waals surface area (Å²) in [6, 6.07) is 14.8. The first-order valence-electron chi connectivity index (χ1n) is 5.68. The molecule has 2 aromatic rings. The van der Waals surface area contributed by atoms with Gasteiger partial charge >= 0.3 is 0 Å². The van der Waals surface area contributed by atoms with Crippen molar-refractivity contribution < 1.29 is 4.74 Å². The highest BCUT2D eigenvalue weighted by molar-refractivity contribution is 5.69. The minimum atomic E-state index is 0.548. The summed E-state index contributed by atoms with van der Waals surface area (Å²) in [7, 11) is 1.59. The topological polar surface area (TPSA) is 45.0 Å². The maximum atomic E-state index is 9.10. The predicted octanol–water partition coefficient (Wildman–Crippen LogP) is 3.29. The van der Waals surface area contributed by atoms with Crippen LogP contribution in [0.3, 0.4) is 0 Å². The van der Waals surface area contributed by atoms with E-state index in [1.54, 1.807) is 25.3 Å². The van der Waals surface area contributed by atoms with Gasteiger partial charge in [0.1, 0.15) is 11.8 Å². The van der Waals surface area contributed by atoms with Crippen LogP contribution < -0.4 is 10.1 Å². The second kappa shape index (κ2) is 5.62. The smallest absolute Gasteiger partial charge is 0.121 e. The molecule has 0 radical (unpaired) electrons. The monoisotopic (exact) mass is 248 g/mol. The lowest BCUT2D eigenvalue weighted by Gasteiger charge is -2.10. The van der Waals surface area contributed by atoms with Crippen molar-refractivity contribution in [3.8, 4) is 24.2 Å². The summed E-state index contributed by atoms with van der Waals surface area (Å²) in [6.07, 6.45) is 5.36. The van der Waals surface area contributed by atoms with Crippen LogP contribution in [0.1, 0.15) is 11.1 Å². The van der Waals surface area contributed by atoms with Crippen molar-refractivity contribution in [3.05, 3.63) is 53.6 Å². The maximum Gasteiger partial charge on any atom is 0.121 e. The van der Waals surface area contributed by atoms with Crippen LogP contribution in [0.4, 0.5) is 11.4 Å². The van der Waals surface area contributed by atoms with Gasteiger partial charge in [0.05, 0.1) is 18.4 Å². The first-order chi connectivity index (χ1) is 9.26. The molecule has 0 aliphatic rings. The van der Waals surface area contributed by atoms with Crippen LogP contribution in [0.15, 0.2) is 42.5 Å². The van der Waals surface area contributed by atoms with Crippen LogP contribution in [0.25, 0.3) is 0 Å². The molecule has 92 valence electrons. The number of nitrogens with zero attached hydrogens (tertiary/aromatic N) is 1. The number of hydrogen-bond acceptors (Lipinski definition) is 3. The molecule has 3 nitrogen and oxygen atoms in total. The molecule has 1 N–H and O–H groups in total. The number of benzene rings is 2. The minimum absolute atomic E-state index is 0.548. The van der Waals surface area contributed by atoms with Crippen molar-refractivity contribution in [2.24, 2.45) is 0 Å². The molecule has 0 fully saturated rings. The molecule has 0 saturated carbocycles. The Bertz CT molecular complexity index is 678. The average molecular weight is 248 g/mol. The van der Waals surface area contributed by atoms with Crippen molar-refractivity contribution in [2.75, 3.05) is 12.4 Å². The molecular weight excluding hydrogens is 236 g/mol. The number of anilines is 2. The summed E-state index contributed by atoms with van der Waals surface area (Å²) >= 11 is 0. The summed E-state index contributed by atoms with van der Waals surface area (Å²) in [5, 5.41) is 12.3. The SMILES string of the molecule is C#Cc1cccc(Nc2cc(OC)ccc2C#N)c1. The largest absolute Gasteiger partial charge is 0.497 e. The minimum Gasteiger partial charge on any atom is -0.497 e. The number of rotatable bonds is 3. The summed E-state index contributed by atoms with van der Waals surface area (Å²) in [5.74, 6) is 3.26. The van der Waals surface area contributed by atoms with Crippen molar-refractivity contribution in [2.45, 2.75) is 0 Å². The highest BCUT2D eigenvalue weighted by Crippen LogP contribution is 2.25. The molecule has 2 aromatic carbocycles. The van der Waals surface area contributed by atoms with Gasteiger partial charge < -0.3 is 10.1 Å². The van der Waals surface area contributed by atoms with Gasteiger partial charge in [0, 0.05) is 17.3 Å². The zero-order chi connectivity index (χ0) is 13.7. The normalized spacial score (nSPS) is 9.21. The van der Waals surface area contributed by atoms with Crippen LogP contribution in [-0.4, -0.2) is 7.11 Å². The number of nitrogens with one attached hydrogen (secondary N) is 1. The highest BCUT2D eigenvalue weighted by atomic mass is 16.5. The Morgan fingerprint density at radius 2 is 2.05 bits per heavy atom. The molecule has 0 atom stereocenters. The Balaban J connectivity index is 2.37. The molecule has 0 unspecified atom stereocenters. The van der Waals surface area contributed by atoms with Gasteiger partial charge in [0.15, 0.2) is 0 Å². The molecule has 3 heteroatoms. The van der Waals surface area contributed by atoms with E-state index in [-0.39, 0.29) is 0 Å². The van der Waals surface area contributed by atoms with Gasteiger partial charge in [0.25, 0.3) is 0 Å². The molecule has 2 rings (SSSR count). The number of nitriles is 1. The van der Waals surface area contributed by atoms with Crippen LogP contribution >= 0.6 is 0 Å². The quantitative estimate of drug-likeness (QED) is 0.848. The Hall–Kier alpha value is -2.91. The van der Waals surface area contributed by atoms with E-state index in [4.69, 9.17) is 16.4 Å². The van der Waals surface area contributed by atoms with E-state index >= 15 is 0 Å². The second-order valence-corrected chi connectivity index (χ2v) is 3.87. The zero-order valence-corrected chi connectivity index (χ0v) is 10.5. The van der Waals surface area contributed by atoms with E-state index in [9.17, 15) is 0 Å². The summed E-state index contributed by atoms with van der Waals surface area (Å²) < 4.78 is 5.16. The fourth-order valence-electron chi connectivity index (χ4n) is 1.69. The molecule has 0 bridgehead atoms. The second-order valence-electron chi connectivity index (χ2n) is 3.87. The molecule has 0 aliphatic heterocycles. The lowest BCUT2D eigenvalue weighted by Crippen LogP contribution is -1.95. The molecule has 19 heavy (non-hydrogen) atoms. The molecule has 0 aromatic heterocycles. The average Bonchev–Trinajstić information content (AvgIpc) is 2.47. The van der Waals surface area contributed by atoms with Gasteiger partial charge in [0.2, 0.25) is 0 Å². The molecule has 0 saturated heterocycles. The molecular formula is C16H12N2O. The number of hydrogen-bond donors (Lipinski definition) is 1. The van der Waals surface area contributed by atoms with Crippen LogP contribution in [0.2, 0.25) is 0 Å². The van der Waals surface area contributed by atoms with Gasteiger partial charge in [-0.2, -0.15) is 5.26 Å². The maximum absolute atomic E-state index is 9.10. The first kappa shape index (κ1) is 12.5. The van der Waals surface area contributed by atoms with E-state index in [0.717, 1.165) is 11.3 Å². The van der Waals surface area contributed by atoms with Crippen molar-refractivity contribution >= 4 is 11.4 Å². The van der Waals surface area contributed by atoms with Crippen LogP contribution in [0.5, 0.6) is 5.75 Å². The summed E-state index contributed by atoms with van der Waals surface area (Å²) in [5.41, 5.74) is 2.86. The fraction of sp³-hybridized carbons (Fsp3) is 0.0625. The molecule has 0 spiro atoms. The lowest BCUT2D eigenvalue weighted by atomic mass is 10.1. The van der Waals surface area contributed by atoms with E-state index in [1.807, 2.05) is 24.3 Å². The molecule has 0 heterocycles. The third-order valence-electron chi connectivity index (χ3n) is 2.66.